The summed E-state index contributed by atoms with van der Waals surface area (Å²) in [4.78, 5) is 39.9. The van der Waals surface area contributed by atoms with Crippen molar-refractivity contribution in [2.45, 2.75) is 96.3 Å². The summed E-state index contributed by atoms with van der Waals surface area (Å²) in [6.45, 7) is 13.2. The molecule has 1 aliphatic rings. The third-order valence-electron chi connectivity index (χ3n) is 8.83. The Kier molecular flexibility index (Phi) is 13.0. The van der Waals surface area contributed by atoms with E-state index in [1.165, 1.54) is 6.08 Å². The summed E-state index contributed by atoms with van der Waals surface area (Å²) in [5, 5.41) is 2.76. The van der Waals surface area contributed by atoms with Crippen LogP contribution in [0, 0.1) is 19.7 Å². The molecule has 1 aromatic heterocycles. The van der Waals surface area contributed by atoms with Gasteiger partial charge in [0.1, 0.15) is 11.9 Å². The number of benzene rings is 2. The van der Waals surface area contributed by atoms with Gasteiger partial charge in [-0.2, -0.15) is 13.2 Å². The summed E-state index contributed by atoms with van der Waals surface area (Å²) >= 11 is 2.88. The monoisotopic (exact) mass is 758 g/mol. The van der Waals surface area contributed by atoms with Gasteiger partial charge >= 0.3 is 12.1 Å². The van der Waals surface area contributed by atoms with Crippen LogP contribution in [-0.2, 0) is 26.9 Å². The van der Waals surface area contributed by atoms with Gasteiger partial charge in [-0.1, -0.05) is 29.8 Å². The number of aryl methyl sites for hydroxylation is 3. The average Bonchev–Trinajstić information content (AvgIpc) is 3.88. The Labute approximate surface area is 298 Å². The number of pyridine rings is 1. The molecule has 4 rings (SSSR count). The van der Waals surface area contributed by atoms with Crippen LogP contribution in [-0.4, -0.2) is 23.1 Å². The van der Waals surface area contributed by atoms with Crippen molar-refractivity contribution in [2.75, 3.05) is 6.61 Å². The van der Waals surface area contributed by atoms with E-state index in [1.54, 1.807) is 13.0 Å². The van der Waals surface area contributed by atoms with Crippen molar-refractivity contribution in [3.05, 3.63) is 116 Å². The Morgan fingerprint density at radius 2 is 1.82 bits per heavy atom. The number of rotatable bonds is 16. The summed E-state index contributed by atoms with van der Waals surface area (Å²) in [6, 6.07) is 5.58. The molecule has 1 saturated carbocycles. The summed E-state index contributed by atoms with van der Waals surface area (Å²) < 4.78 is 62.7. The Bertz CT molecular complexity index is 1810. The second kappa shape index (κ2) is 16.8. The molecule has 0 unspecified atom stereocenters. The van der Waals surface area contributed by atoms with Crippen molar-refractivity contribution in [1.82, 2.24) is 9.88 Å². The summed E-state index contributed by atoms with van der Waals surface area (Å²) in [5.74, 6) is -2.05. The van der Waals surface area contributed by atoms with E-state index >= 15 is 4.39 Å². The van der Waals surface area contributed by atoms with Crippen LogP contribution in [0.5, 0.6) is 0 Å². The maximum absolute atomic E-state index is 16.6. The molecule has 268 valence electrons. The van der Waals surface area contributed by atoms with E-state index in [-0.39, 0.29) is 24.5 Å². The first kappa shape index (κ1) is 38.8. The molecule has 0 saturated heterocycles. The quantitative estimate of drug-likeness (QED) is 0.0683. The molecule has 6 nitrogen and oxygen atoms in total. The third-order valence-corrected chi connectivity index (χ3v) is 9.47. The molecule has 2 atom stereocenters. The maximum Gasteiger partial charge on any atom is 0.417 e. The fraction of sp³-hybridized carbons (Fsp3) is 0.410. The minimum absolute atomic E-state index is 0.0222. The van der Waals surface area contributed by atoms with Crippen LogP contribution in [0.2, 0.25) is 0 Å². The largest absolute Gasteiger partial charge is 0.466 e. The molecule has 0 bridgehead atoms. The van der Waals surface area contributed by atoms with Crippen molar-refractivity contribution in [3.63, 3.8) is 0 Å². The van der Waals surface area contributed by atoms with Crippen molar-refractivity contribution >= 4 is 27.8 Å². The molecule has 1 fully saturated rings. The van der Waals surface area contributed by atoms with Crippen LogP contribution in [0.25, 0.3) is 11.1 Å². The van der Waals surface area contributed by atoms with E-state index in [1.807, 2.05) is 26.0 Å². The van der Waals surface area contributed by atoms with Gasteiger partial charge in [-0.25, -0.2) is 4.39 Å². The average molecular weight is 760 g/mol. The van der Waals surface area contributed by atoms with Gasteiger partial charge < -0.3 is 14.6 Å². The number of unbranched alkanes of at least 4 members (excludes halogenated alkanes) is 2. The molecule has 0 spiro atoms. The maximum atomic E-state index is 16.6. The highest BCUT2D eigenvalue weighted by Crippen LogP contribution is 2.45. The topological polar surface area (TPSA) is 77.4 Å². The Hall–Kier alpha value is -3.99. The Morgan fingerprint density at radius 3 is 2.44 bits per heavy atom. The summed E-state index contributed by atoms with van der Waals surface area (Å²) in [7, 11) is 0. The molecule has 1 N–H and O–H groups in total. The number of allylic oxidation sites excluding steroid dienone is 2. The number of alkyl halides is 3. The first-order chi connectivity index (χ1) is 23.7. The van der Waals surface area contributed by atoms with Gasteiger partial charge in [0.2, 0.25) is 5.91 Å². The van der Waals surface area contributed by atoms with E-state index in [9.17, 15) is 27.6 Å². The van der Waals surface area contributed by atoms with Crippen molar-refractivity contribution in [2.24, 2.45) is 0 Å². The van der Waals surface area contributed by atoms with Gasteiger partial charge in [0.05, 0.1) is 24.6 Å². The number of carbonyl (C=O) groups excluding carboxylic acids is 2. The number of nitrogens with one attached hydrogen (secondary N) is 1. The lowest BCUT2D eigenvalue weighted by Gasteiger charge is -2.26. The first-order valence-corrected chi connectivity index (χ1v) is 17.6. The molecular formula is C39H43BrF4N2O4. The predicted molar refractivity (Wildman–Crippen MR) is 190 cm³/mol. The first-order valence-electron chi connectivity index (χ1n) is 16.8. The van der Waals surface area contributed by atoms with E-state index in [0.717, 1.165) is 77.1 Å². The van der Waals surface area contributed by atoms with Gasteiger partial charge in [0.15, 0.2) is 0 Å². The van der Waals surface area contributed by atoms with Crippen LogP contribution in [0.1, 0.15) is 103 Å². The lowest BCUT2D eigenvalue weighted by molar-refractivity contribution is -0.144. The normalized spacial score (nSPS) is 14.2. The number of nitrogens with zero attached hydrogens (tertiary/aromatic N) is 1. The van der Waals surface area contributed by atoms with Gasteiger partial charge in [-0.15, -0.1) is 13.2 Å². The highest BCUT2D eigenvalue weighted by atomic mass is 79.9. The van der Waals surface area contributed by atoms with Crippen molar-refractivity contribution in [3.8, 4) is 11.1 Å². The number of halogens is 5. The number of carbonyl (C=O) groups is 2. The SMILES string of the molecule is C=CCCCCc1cc(C)cc(C)c1-c1cc(C2CC2)c(F)c([C@H](CC(=O)OCC)NC(=O)[C@H](CC=C)n2cc(Br)c(C(F)(F)F)cc2=O)c1. The van der Waals surface area contributed by atoms with Gasteiger partial charge in [-0.3, -0.25) is 14.4 Å². The fourth-order valence-corrected chi connectivity index (χ4v) is 6.97. The Morgan fingerprint density at radius 1 is 1.10 bits per heavy atom. The smallest absolute Gasteiger partial charge is 0.417 e. The van der Waals surface area contributed by atoms with Gasteiger partial charge in [0, 0.05) is 22.3 Å². The van der Waals surface area contributed by atoms with Crippen LogP contribution < -0.4 is 10.9 Å². The number of aromatic nitrogens is 1. The molecule has 1 aliphatic carbocycles. The van der Waals surface area contributed by atoms with Crippen molar-refractivity contribution in [1.29, 1.82) is 0 Å². The highest BCUT2D eigenvalue weighted by Gasteiger charge is 2.36. The predicted octanol–water partition coefficient (Wildman–Crippen LogP) is 9.76. The second-order valence-corrected chi connectivity index (χ2v) is 13.6. The standard InChI is InChI=1S/C39H43BrF4N2O4/c1-6-9-10-11-13-26-17-23(4)16-24(5)36(26)27-18-28(25-14-15-25)37(41)29(19-27)32(21-35(48)50-8-3)45-38(49)33(12-7-2)46-22-31(40)30(20-34(46)47)39(42,43)44/h6-7,16-20,22,25,32-33H,1-2,8-15,21H2,3-5H3,(H,45,49)/t32-,33-/m0/s1. The number of hydrogen-bond acceptors (Lipinski definition) is 4. The van der Waals surface area contributed by atoms with Crippen LogP contribution in [0.15, 0.2) is 71.1 Å². The lowest BCUT2D eigenvalue weighted by Crippen LogP contribution is -2.40. The van der Waals surface area contributed by atoms with E-state index < -0.39 is 58.0 Å². The molecule has 1 amide bonds. The molecule has 3 aromatic rings. The minimum atomic E-state index is -4.80. The fourth-order valence-electron chi connectivity index (χ4n) is 6.41. The molecule has 1 heterocycles. The number of hydrogen-bond donors (Lipinski definition) is 1. The molecule has 11 heteroatoms. The molecule has 2 aromatic carbocycles. The highest BCUT2D eigenvalue weighted by molar-refractivity contribution is 9.10. The molecular weight excluding hydrogens is 716 g/mol. The number of esters is 1. The van der Waals surface area contributed by atoms with Gasteiger partial charge in [-0.05, 0) is 128 Å². The van der Waals surface area contributed by atoms with E-state index in [4.69, 9.17) is 4.74 Å². The lowest BCUT2D eigenvalue weighted by atomic mass is 9.86. The minimum Gasteiger partial charge on any atom is -0.466 e. The summed E-state index contributed by atoms with van der Waals surface area (Å²) in [6.07, 6.45) is 3.96. The number of ether oxygens (including phenoxy) is 1. The molecule has 50 heavy (non-hydrogen) atoms. The second-order valence-electron chi connectivity index (χ2n) is 12.8. The van der Waals surface area contributed by atoms with Crippen LogP contribution >= 0.6 is 15.9 Å². The van der Waals surface area contributed by atoms with Crippen LogP contribution in [0.3, 0.4) is 0 Å². The molecule has 0 aliphatic heterocycles. The number of amides is 1. The van der Waals surface area contributed by atoms with Gasteiger partial charge in [0.25, 0.3) is 5.56 Å². The zero-order valence-corrected chi connectivity index (χ0v) is 30.2. The zero-order chi connectivity index (χ0) is 36.7. The zero-order valence-electron chi connectivity index (χ0n) is 28.6. The Balaban J connectivity index is 1.84. The van der Waals surface area contributed by atoms with E-state index in [0.29, 0.717) is 11.6 Å². The molecule has 0 radical (unpaired) electrons. The van der Waals surface area contributed by atoms with Crippen molar-refractivity contribution < 1.29 is 31.9 Å². The summed E-state index contributed by atoms with van der Waals surface area (Å²) in [5.41, 5.74) is 3.25. The van der Waals surface area contributed by atoms with E-state index in [2.05, 4.69) is 46.5 Å². The third kappa shape index (κ3) is 9.41. The van der Waals surface area contributed by atoms with Crippen LogP contribution in [0.4, 0.5) is 17.6 Å².